The van der Waals surface area contributed by atoms with Gasteiger partial charge in [0, 0.05) is 20.1 Å². The standard InChI is InChI=1S/C17H24N2O3/c1-12(2)17(10-14(17)18-16(21)19(3)4)15(20)22-11-13-8-6-5-7-9-13/h5-9,12,14H,10-11H2,1-4H3,(H,18,21). The van der Waals surface area contributed by atoms with Crippen molar-refractivity contribution >= 4 is 12.0 Å². The van der Waals surface area contributed by atoms with Gasteiger partial charge in [0.1, 0.15) is 6.61 Å². The number of esters is 1. The number of urea groups is 1. The lowest BCUT2D eigenvalue weighted by molar-refractivity contribution is -0.153. The Bertz CT molecular complexity index is 542. The van der Waals surface area contributed by atoms with Crippen LogP contribution in [0, 0.1) is 11.3 Å². The van der Waals surface area contributed by atoms with E-state index in [9.17, 15) is 9.59 Å². The number of hydrogen-bond donors (Lipinski definition) is 1. The first-order chi connectivity index (χ1) is 10.4. The molecule has 0 spiro atoms. The summed E-state index contributed by atoms with van der Waals surface area (Å²) < 4.78 is 5.49. The summed E-state index contributed by atoms with van der Waals surface area (Å²) in [6, 6.07) is 9.28. The van der Waals surface area contributed by atoms with Crippen LogP contribution in [0.1, 0.15) is 25.8 Å². The highest BCUT2D eigenvalue weighted by molar-refractivity contribution is 5.84. The van der Waals surface area contributed by atoms with Gasteiger partial charge in [-0.15, -0.1) is 0 Å². The zero-order valence-electron chi connectivity index (χ0n) is 13.6. The van der Waals surface area contributed by atoms with Gasteiger partial charge in [0.05, 0.1) is 5.41 Å². The van der Waals surface area contributed by atoms with Gasteiger partial charge in [-0.3, -0.25) is 4.79 Å². The minimum atomic E-state index is -0.597. The number of ether oxygens (including phenoxy) is 1. The number of benzene rings is 1. The number of rotatable bonds is 5. The highest BCUT2D eigenvalue weighted by atomic mass is 16.5. The maximum absolute atomic E-state index is 12.5. The third-order valence-electron chi connectivity index (χ3n) is 4.33. The quantitative estimate of drug-likeness (QED) is 0.850. The Balaban J connectivity index is 1.97. The second-order valence-electron chi connectivity index (χ2n) is 6.36. The predicted octanol–water partition coefficient (Wildman–Crippen LogP) is 2.42. The van der Waals surface area contributed by atoms with Gasteiger partial charge in [-0.05, 0) is 17.9 Å². The molecule has 2 rings (SSSR count). The normalized spacial score (nSPS) is 23.0. The molecule has 0 bridgehead atoms. The molecule has 2 unspecified atom stereocenters. The first kappa shape index (κ1) is 16.3. The minimum Gasteiger partial charge on any atom is -0.460 e. The smallest absolute Gasteiger partial charge is 0.317 e. The zero-order chi connectivity index (χ0) is 16.3. The third-order valence-corrected chi connectivity index (χ3v) is 4.33. The van der Waals surface area contributed by atoms with Crippen molar-refractivity contribution in [3.63, 3.8) is 0 Å². The zero-order valence-corrected chi connectivity index (χ0v) is 13.6. The summed E-state index contributed by atoms with van der Waals surface area (Å²) in [5, 5.41) is 2.89. The fourth-order valence-electron chi connectivity index (χ4n) is 2.69. The van der Waals surface area contributed by atoms with E-state index < -0.39 is 5.41 Å². The highest BCUT2D eigenvalue weighted by Gasteiger charge is 2.64. The van der Waals surface area contributed by atoms with E-state index in [1.165, 1.54) is 4.90 Å². The van der Waals surface area contributed by atoms with Crippen molar-refractivity contribution in [2.24, 2.45) is 11.3 Å². The van der Waals surface area contributed by atoms with Gasteiger partial charge >= 0.3 is 12.0 Å². The van der Waals surface area contributed by atoms with E-state index in [1.54, 1.807) is 14.1 Å². The summed E-state index contributed by atoms with van der Waals surface area (Å²) in [6.45, 7) is 4.25. The molecule has 1 fully saturated rings. The maximum Gasteiger partial charge on any atom is 0.317 e. The Labute approximate surface area is 131 Å². The Morgan fingerprint density at radius 1 is 1.32 bits per heavy atom. The molecular weight excluding hydrogens is 280 g/mol. The van der Waals surface area contributed by atoms with Crippen LogP contribution in [0.15, 0.2) is 30.3 Å². The molecular formula is C17H24N2O3. The summed E-state index contributed by atoms with van der Waals surface area (Å²) in [4.78, 5) is 25.8. The summed E-state index contributed by atoms with van der Waals surface area (Å²) in [5.41, 5.74) is 0.366. The number of carbonyl (C=O) groups excluding carboxylic acids is 2. The molecule has 5 heteroatoms. The van der Waals surface area contributed by atoms with E-state index in [-0.39, 0.29) is 30.6 Å². The van der Waals surface area contributed by atoms with Crippen LogP contribution in [0.5, 0.6) is 0 Å². The monoisotopic (exact) mass is 304 g/mol. The second kappa shape index (κ2) is 6.38. The molecule has 0 heterocycles. The van der Waals surface area contributed by atoms with E-state index in [2.05, 4.69) is 5.32 Å². The molecule has 5 nitrogen and oxygen atoms in total. The van der Waals surface area contributed by atoms with E-state index in [0.717, 1.165) is 5.56 Å². The molecule has 22 heavy (non-hydrogen) atoms. The van der Waals surface area contributed by atoms with Gasteiger partial charge in [-0.1, -0.05) is 44.2 Å². The van der Waals surface area contributed by atoms with Gasteiger partial charge in [0.2, 0.25) is 0 Å². The fraction of sp³-hybridized carbons (Fsp3) is 0.529. The van der Waals surface area contributed by atoms with Gasteiger partial charge in [0.15, 0.2) is 0 Å². The van der Waals surface area contributed by atoms with Crippen LogP contribution in [0.3, 0.4) is 0 Å². The van der Waals surface area contributed by atoms with Crippen LogP contribution in [0.2, 0.25) is 0 Å². The summed E-state index contributed by atoms with van der Waals surface area (Å²) in [7, 11) is 3.37. The molecule has 2 amide bonds. The summed E-state index contributed by atoms with van der Waals surface area (Å²) in [6.07, 6.45) is 0.637. The molecule has 2 atom stereocenters. The van der Waals surface area contributed by atoms with Crippen LogP contribution in [-0.2, 0) is 16.1 Å². The van der Waals surface area contributed by atoms with Crippen molar-refractivity contribution in [1.29, 1.82) is 0 Å². The third kappa shape index (κ3) is 3.24. The van der Waals surface area contributed by atoms with Crippen molar-refractivity contribution in [2.45, 2.75) is 32.9 Å². The van der Waals surface area contributed by atoms with Crippen LogP contribution in [0.25, 0.3) is 0 Å². The largest absolute Gasteiger partial charge is 0.460 e. The first-order valence-corrected chi connectivity index (χ1v) is 7.57. The number of hydrogen-bond acceptors (Lipinski definition) is 3. The molecule has 1 aromatic rings. The first-order valence-electron chi connectivity index (χ1n) is 7.57. The Morgan fingerprint density at radius 2 is 1.95 bits per heavy atom. The van der Waals surface area contributed by atoms with E-state index >= 15 is 0 Å². The molecule has 1 aliphatic rings. The van der Waals surface area contributed by atoms with E-state index in [4.69, 9.17) is 4.74 Å². The second-order valence-corrected chi connectivity index (χ2v) is 6.36. The highest BCUT2D eigenvalue weighted by Crippen LogP contribution is 2.53. The number of amides is 2. The van der Waals surface area contributed by atoms with Gasteiger partial charge < -0.3 is 15.0 Å². The number of carbonyl (C=O) groups is 2. The molecule has 1 saturated carbocycles. The Hall–Kier alpha value is -2.04. The predicted molar refractivity (Wildman–Crippen MR) is 84.1 cm³/mol. The van der Waals surface area contributed by atoms with Crippen LogP contribution in [0.4, 0.5) is 4.79 Å². The van der Waals surface area contributed by atoms with Crippen LogP contribution < -0.4 is 5.32 Å². The minimum absolute atomic E-state index is 0.114. The van der Waals surface area contributed by atoms with Crippen molar-refractivity contribution in [3.8, 4) is 0 Å². The Kier molecular flexibility index (Phi) is 4.74. The van der Waals surface area contributed by atoms with Crippen LogP contribution >= 0.6 is 0 Å². The molecule has 0 aromatic heterocycles. The molecule has 0 radical (unpaired) electrons. The number of nitrogens with one attached hydrogen (secondary N) is 1. The molecule has 120 valence electrons. The number of nitrogens with zero attached hydrogens (tertiary/aromatic N) is 1. The summed E-state index contributed by atoms with van der Waals surface area (Å²) >= 11 is 0. The fourth-order valence-corrected chi connectivity index (χ4v) is 2.69. The van der Waals surface area contributed by atoms with Crippen LogP contribution in [-0.4, -0.2) is 37.0 Å². The average Bonchev–Trinajstić information content (AvgIpc) is 3.21. The SMILES string of the molecule is CC(C)C1(C(=O)OCc2ccccc2)CC1NC(=O)N(C)C. The molecule has 1 N–H and O–H groups in total. The van der Waals surface area contributed by atoms with Crippen molar-refractivity contribution in [2.75, 3.05) is 14.1 Å². The van der Waals surface area contributed by atoms with E-state index in [1.807, 2.05) is 44.2 Å². The average molecular weight is 304 g/mol. The van der Waals surface area contributed by atoms with E-state index in [0.29, 0.717) is 6.42 Å². The molecule has 0 aliphatic heterocycles. The molecule has 0 saturated heterocycles. The Morgan fingerprint density at radius 3 is 2.50 bits per heavy atom. The lowest BCUT2D eigenvalue weighted by Crippen LogP contribution is -2.41. The lowest BCUT2D eigenvalue weighted by Gasteiger charge is -2.21. The van der Waals surface area contributed by atoms with Crippen molar-refractivity contribution in [1.82, 2.24) is 10.2 Å². The van der Waals surface area contributed by atoms with Crippen molar-refractivity contribution in [3.05, 3.63) is 35.9 Å². The topological polar surface area (TPSA) is 58.6 Å². The van der Waals surface area contributed by atoms with Gasteiger partial charge in [-0.25, -0.2) is 4.79 Å². The van der Waals surface area contributed by atoms with Crippen molar-refractivity contribution < 1.29 is 14.3 Å². The lowest BCUT2D eigenvalue weighted by atomic mass is 9.91. The summed E-state index contributed by atoms with van der Waals surface area (Å²) in [5.74, 6) is -0.112. The molecule has 1 aliphatic carbocycles. The van der Waals surface area contributed by atoms with Gasteiger partial charge in [-0.2, -0.15) is 0 Å². The maximum atomic E-state index is 12.5. The molecule has 1 aromatic carbocycles. The van der Waals surface area contributed by atoms with Gasteiger partial charge in [0.25, 0.3) is 0 Å².